The highest BCUT2D eigenvalue weighted by Gasteiger charge is 2.12. The zero-order valence-electron chi connectivity index (χ0n) is 12.8. The highest BCUT2D eigenvalue weighted by atomic mass is 35.5. The molecule has 0 fully saturated rings. The number of ether oxygens (including phenoxy) is 2. The second kappa shape index (κ2) is 8.79. The van der Waals surface area contributed by atoms with Gasteiger partial charge in [-0.05, 0) is 30.3 Å². The Balaban J connectivity index is 1.80. The summed E-state index contributed by atoms with van der Waals surface area (Å²) in [6, 6.07) is 10.0. The van der Waals surface area contributed by atoms with Crippen LogP contribution in [0.2, 0.25) is 5.02 Å². The molecule has 0 aromatic heterocycles. The fourth-order valence-corrected chi connectivity index (χ4v) is 1.99. The number of amides is 1. The van der Waals surface area contributed by atoms with Gasteiger partial charge in [0.1, 0.15) is 11.6 Å². The quantitative estimate of drug-likeness (QED) is 0.602. The van der Waals surface area contributed by atoms with Crippen molar-refractivity contribution in [1.82, 2.24) is 0 Å². The van der Waals surface area contributed by atoms with Crippen molar-refractivity contribution in [3.63, 3.8) is 0 Å². The Hall–Kier alpha value is -2.93. The zero-order chi connectivity index (χ0) is 18.2. The standard InChI is InChI=1S/C17H13ClFNO5/c18-12-5-6-13(19)14(7-12)20-16(22)9-25-17(23)10-24-15-4-2-1-3-11(15)8-21/h1-8H,9-10H2,(H,20,22). The molecule has 2 aromatic carbocycles. The van der Waals surface area contributed by atoms with Crippen molar-refractivity contribution >= 4 is 35.5 Å². The van der Waals surface area contributed by atoms with E-state index in [9.17, 15) is 18.8 Å². The molecule has 2 rings (SSSR count). The first kappa shape index (κ1) is 18.4. The minimum absolute atomic E-state index is 0.121. The predicted molar refractivity (Wildman–Crippen MR) is 88.3 cm³/mol. The van der Waals surface area contributed by atoms with Gasteiger partial charge in [-0.15, -0.1) is 0 Å². The van der Waals surface area contributed by atoms with Crippen molar-refractivity contribution < 1.29 is 28.2 Å². The van der Waals surface area contributed by atoms with Crippen LogP contribution in [0.3, 0.4) is 0 Å². The lowest BCUT2D eigenvalue weighted by atomic mass is 10.2. The first-order valence-electron chi connectivity index (χ1n) is 7.07. The lowest BCUT2D eigenvalue weighted by molar-refractivity contribution is -0.149. The number of hydrogen-bond donors (Lipinski definition) is 1. The molecule has 0 unspecified atom stereocenters. The van der Waals surface area contributed by atoms with Crippen molar-refractivity contribution in [2.24, 2.45) is 0 Å². The summed E-state index contributed by atoms with van der Waals surface area (Å²) in [5.41, 5.74) is 0.161. The SMILES string of the molecule is O=Cc1ccccc1OCC(=O)OCC(=O)Nc1cc(Cl)ccc1F. The van der Waals surface area contributed by atoms with E-state index in [1.807, 2.05) is 0 Å². The van der Waals surface area contributed by atoms with Gasteiger partial charge in [-0.3, -0.25) is 9.59 Å². The van der Waals surface area contributed by atoms with E-state index >= 15 is 0 Å². The molecule has 25 heavy (non-hydrogen) atoms. The van der Waals surface area contributed by atoms with Gasteiger partial charge in [0.2, 0.25) is 0 Å². The van der Waals surface area contributed by atoms with Gasteiger partial charge in [0.15, 0.2) is 19.5 Å². The smallest absolute Gasteiger partial charge is 0.344 e. The van der Waals surface area contributed by atoms with Crippen molar-refractivity contribution in [3.05, 3.63) is 58.9 Å². The molecule has 0 aliphatic heterocycles. The van der Waals surface area contributed by atoms with Gasteiger partial charge in [-0.25, -0.2) is 9.18 Å². The molecule has 0 aliphatic carbocycles. The van der Waals surface area contributed by atoms with Crippen LogP contribution in [0, 0.1) is 5.82 Å². The third kappa shape index (κ3) is 5.58. The normalized spacial score (nSPS) is 10.0. The molecular weight excluding hydrogens is 353 g/mol. The van der Waals surface area contributed by atoms with Gasteiger partial charge >= 0.3 is 5.97 Å². The average Bonchev–Trinajstić information content (AvgIpc) is 2.61. The van der Waals surface area contributed by atoms with Crippen LogP contribution in [0.15, 0.2) is 42.5 Å². The zero-order valence-corrected chi connectivity index (χ0v) is 13.6. The lowest BCUT2D eigenvalue weighted by Gasteiger charge is -2.09. The fourth-order valence-electron chi connectivity index (χ4n) is 1.81. The number of benzene rings is 2. The van der Waals surface area contributed by atoms with Crippen LogP contribution in [-0.4, -0.2) is 31.4 Å². The lowest BCUT2D eigenvalue weighted by Crippen LogP contribution is -2.24. The van der Waals surface area contributed by atoms with Crippen LogP contribution in [0.4, 0.5) is 10.1 Å². The average molecular weight is 366 g/mol. The maximum atomic E-state index is 13.5. The van der Waals surface area contributed by atoms with Gasteiger partial charge in [0, 0.05) is 5.02 Å². The molecule has 0 heterocycles. The second-order valence-corrected chi connectivity index (χ2v) is 5.21. The summed E-state index contributed by atoms with van der Waals surface area (Å²) >= 11 is 5.71. The van der Waals surface area contributed by atoms with E-state index in [4.69, 9.17) is 21.1 Å². The van der Waals surface area contributed by atoms with E-state index in [1.54, 1.807) is 12.1 Å². The van der Waals surface area contributed by atoms with Gasteiger partial charge in [-0.1, -0.05) is 23.7 Å². The van der Waals surface area contributed by atoms with Crippen LogP contribution in [0.1, 0.15) is 10.4 Å². The minimum atomic E-state index is -0.817. The Bertz CT molecular complexity index is 796. The number of aldehydes is 1. The predicted octanol–water partition coefficient (Wildman–Crippen LogP) is 2.85. The third-order valence-corrected chi connectivity index (χ3v) is 3.19. The molecule has 0 saturated heterocycles. The van der Waals surface area contributed by atoms with E-state index < -0.39 is 30.9 Å². The van der Waals surface area contributed by atoms with Crippen LogP contribution in [0.25, 0.3) is 0 Å². The Labute approximate surface area is 147 Å². The maximum absolute atomic E-state index is 13.5. The van der Waals surface area contributed by atoms with Gasteiger partial charge in [-0.2, -0.15) is 0 Å². The Morgan fingerprint density at radius 3 is 2.68 bits per heavy atom. The second-order valence-electron chi connectivity index (χ2n) is 4.78. The number of halogens is 2. The first-order chi connectivity index (χ1) is 12.0. The molecule has 0 bridgehead atoms. The van der Waals surface area contributed by atoms with Crippen LogP contribution < -0.4 is 10.1 Å². The molecule has 6 nitrogen and oxygen atoms in total. The third-order valence-electron chi connectivity index (χ3n) is 2.96. The summed E-state index contributed by atoms with van der Waals surface area (Å²) in [7, 11) is 0. The molecule has 0 aliphatic rings. The van der Waals surface area contributed by atoms with Crippen molar-refractivity contribution in [2.45, 2.75) is 0 Å². The molecule has 0 spiro atoms. The Morgan fingerprint density at radius 2 is 1.92 bits per heavy atom. The van der Waals surface area contributed by atoms with E-state index in [1.165, 1.54) is 24.3 Å². The van der Waals surface area contributed by atoms with Gasteiger partial charge < -0.3 is 14.8 Å². The minimum Gasteiger partial charge on any atom is -0.481 e. The highest BCUT2D eigenvalue weighted by Crippen LogP contribution is 2.19. The maximum Gasteiger partial charge on any atom is 0.344 e. The molecule has 0 saturated carbocycles. The largest absolute Gasteiger partial charge is 0.481 e. The molecular formula is C17H13ClFNO5. The van der Waals surface area contributed by atoms with E-state index in [0.717, 1.165) is 6.07 Å². The fraction of sp³-hybridized carbons (Fsp3) is 0.118. The number of carbonyl (C=O) groups is 3. The van der Waals surface area contributed by atoms with Crippen LogP contribution >= 0.6 is 11.6 Å². The number of hydrogen-bond acceptors (Lipinski definition) is 5. The summed E-state index contributed by atoms with van der Waals surface area (Å²) in [6.45, 7) is -1.10. The Kier molecular flexibility index (Phi) is 6.47. The van der Waals surface area contributed by atoms with Gasteiger partial charge in [0.05, 0.1) is 11.3 Å². The Morgan fingerprint density at radius 1 is 1.16 bits per heavy atom. The summed E-state index contributed by atoms with van der Waals surface area (Å²) in [6.07, 6.45) is 0.591. The molecule has 1 N–H and O–H groups in total. The summed E-state index contributed by atoms with van der Waals surface area (Å²) < 4.78 is 23.4. The summed E-state index contributed by atoms with van der Waals surface area (Å²) in [5.74, 6) is -2.00. The molecule has 8 heteroatoms. The van der Waals surface area contributed by atoms with Crippen molar-refractivity contribution in [1.29, 1.82) is 0 Å². The van der Waals surface area contributed by atoms with Crippen molar-refractivity contribution in [2.75, 3.05) is 18.5 Å². The van der Waals surface area contributed by atoms with E-state index in [0.29, 0.717) is 6.29 Å². The first-order valence-corrected chi connectivity index (χ1v) is 7.45. The van der Waals surface area contributed by atoms with E-state index in [-0.39, 0.29) is 22.0 Å². The number of anilines is 1. The topological polar surface area (TPSA) is 81.7 Å². The van der Waals surface area contributed by atoms with Crippen LogP contribution in [0.5, 0.6) is 5.75 Å². The van der Waals surface area contributed by atoms with Crippen molar-refractivity contribution in [3.8, 4) is 5.75 Å². The summed E-state index contributed by atoms with van der Waals surface area (Å²) in [4.78, 5) is 34.1. The van der Waals surface area contributed by atoms with Crippen LogP contribution in [-0.2, 0) is 14.3 Å². The number of esters is 1. The monoisotopic (exact) mass is 365 g/mol. The number of para-hydroxylation sites is 1. The highest BCUT2D eigenvalue weighted by molar-refractivity contribution is 6.30. The molecule has 1 amide bonds. The molecule has 130 valence electrons. The molecule has 2 aromatic rings. The summed E-state index contributed by atoms with van der Waals surface area (Å²) in [5, 5.41) is 2.48. The molecule has 0 radical (unpaired) electrons. The number of rotatable bonds is 7. The number of carbonyl (C=O) groups excluding carboxylic acids is 3. The van der Waals surface area contributed by atoms with Gasteiger partial charge in [0.25, 0.3) is 5.91 Å². The molecule has 0 atom stereocenters. The van der Waals surface area contributed by atoms with E-state index in [2.05, 4.69) is 5.32 Å². The number of nitrogens with one attached hydrogen (secondary N) is 1.